The van der Waals surface area contributed by atoms with Gasteiger partial charge < -0.3 is 28.4 Å². The van der Waals surface area contributed by atoms with Gasteiger partial charge in [-0.15, -0.1) is 20.4 Å². The number of pyridine rings is 2. The van der Waals surface area contributed by atoms with Crippen LogP contribution in [0.5, 0.6) is 23.0 Å². The Bertz CT molecular complexity index is 3240. The molecule has 8 rings (SSSR count). The molecule has 0 saturated heterocycles. The third-order valence-corrected chi connectivity index (χ3v) is 16.3. The maximum absolute atomic E-state index is 13.9. The Morgan fingerprint density at radius 1 is 0.474 bits per heavy atom. The van der Waals surface area contributed by atoms with E-state index in [9.17, 15) is 16.8 Å². The standard InChI is InChI=1S/2C27H32N6O5S/c2*1-17(2)38-26(21-15-28-10-11-30-21)19(4)39(34,35)16-24-31-32-27(20-12-18(3)13-29-14-20)33(24)25-22(36-5)8-7-9-23(25)37-6/h2*7-15,17,19,26H,16H2,1-6H3/t2*19-,26+/m10/s1. The highest BCUT2D eigenvalue weighted by molar-refractivity contribution is 7.91. The van der Waals surface area contributed by atoms with Gasteiger partial charge in [-0.2, -0.15) is 0 Å². The van der Waals surface area contributed by atoms with E-state index in [4.69, 9.17) is 28.4 Å². The third kappa shape index (κ3) is 13.3. The maximum atomic E-state index is 13.9. The largest absolute Gasteiger partial charge is 0.494 e. The fraction of sp³-hybridized carbons (Fsp3) is 0.370. The molecule has 8 aromatic rings. The number of rotatable bonds is 22. The Labute approximate surface area is 454 Å². The zero-order valence-corrected chi connectivity index (χ0v) is 47.2. The lowest BCUT2D eigenvalue weighted by molar-refractivity contribution is 0.00362. The van der Waals surface area contributed by atoms with Crippen LogP contribution in [0.15, 0.2) is 110 Å². The number of aromatic nitrogens is 12. The minimum absolute atomic E-state index is 0.184. The van der Waals surface area contributed by atoms with Gasteiger partial charge in [-0.3, -0.25) is 39.0 Å². The number of hydrogen-bond acceptors (Lipinski definition) is 20. The summed E-state index contributed by atoms with van der Waals surface area (Å²) in [5, 5.41) is 15.5. The van der Waals surface area contributed by atoms with Crippen LogP contribution in [0.3, 0.4) is 0 Å². The van der Waals surface area contributed by atoms with E-state index in [0.29, 0.717) is 68.5 Å². The molecule has 24 heteroatoms. The molecule has 78 heavy (non-hydrogen) atoms. The van der Waals surface area contributed by atoms with Crippen LogP contribution in [0.2, 0.25) is 0 Å². The van der Waals surface area contributed by atoms with Crippen LogP contribution >= 0.6 is 0 Å². The monoisotopic (exact) mass is 1100 g/mol. The van der Waals surface area contributed by atoms with Gasteiger partial charge >= 0.3 is 0 Å². The molecule has 6 aromatic heterocycles. The van der Waals surface area contributed by atoms with Crippen molar-refractivity contribution in [1.82, 2.24) is 59.4 Å². The van der Waals surface area contributed by atoms with Crippen LogP contribution in [0, 0.1) is 13.8 Å². The molecule has 0 fully saturated rings. The number of nitrogens with zero attached hydrogens (tertiary/aromatic N) is 12. The van der Waals surface area contributed by atoms with Gasteiger partial charge in [0.1, 0.15) is 58.1 Å². The number of sulfone groups is 2. The molecule has 6 heterocycles. The minimum Gasteiger partial charge on any atom is -0.494 e. The molecule has 4 atom stereocenters. The number of aryl methyl sites for hydroxylation is 2. The lowest BCUT2D eigenvalue weighted by Gasteiger charge is -2.25. The molecule has 0 unspecified atom stereocenters. The van der Waals surface area contributed by atoms with Crippen molar-refractivity contribution in [2.45, 2.75) is 102 Å². The summed E-state index contributed by atoms with van der Waals surface area (Å²) < 4.78 is 93.5. The van der Waals surface area contributed by atoms with Gasteiger partial charge in [-0.25, -0.2) is 16.8 Å². The fourth-order valence-electron chi connectivity index (χ4n) is 8.47. The third-order valence-electron chi connectivity index (χ3n) is 12.2. The second kappa shape index (κ2) is 25.6. The summed E-state index contributed by atoms with van der Waals surface area (Å²) in [7, 11) is -1.61. The van der Waals surface area contributed by atoms with E-state index >= 15 is 0 Å². The first-order valence-corrected chi connectivity index (χ1v) is 28.2. The van der Waals surface area contributed by atoms with E-state index < -0.39 is 53.9 Å². The smallest absolute Gasteiger partial charge is 0.170 e. The van der Waals surface area contributed by atoms with Gasteiger partial charge in [0.25, 0.3) is 0 Å². The second-order valence-corrected chi connectivity index (χ2v) is 23.3. The lowest BCUT2D eigenvalue weighted by atomic mass is 10.2. The van der Waals surface area contributed by atoms with Gasteiger partial charge in [0, 0.05) is 60.7 Å². The zero-order chi connectivity index (χ0) is 56.3. The van der Waals surface area contributed by atoms with Crippen LogP contribution in [-0.2, 0) is 40.7 Å². The lowest BCUT2D eigenvalue weighted by Crippen LogP contribution is -2.31. The van der Waals surface area contributed by atoms with Crippen molar-refractivity contribution >= 4 is 19.7 Å². The van der Waals surface area contributed by atoms with Gasteiger partial charge in [-0.1, -0.05) is 12.1 Å². The van der Waals surface area contributed by atoms with E-state index in [1.807, 2.05) is 53.7 Å². The summed E-state index contributed by atoms with van der Waals surface area (Å²) in [6.45, 7) is 14.4. The Kier molecular flexibility index (Phi) is 19.0. The van der Waals surface area contributed by atoms with Crippen LogP contribution in [0.4, 0.5) is 0 Å². The van der Waals surface area contributed by atoms with Crippen LogP contribution in [0.1, 0.15) is 87.9 Å². The maximum Gasteiger partial charge on any atom is 0.170 e. The van der Waals surface area contributed by atoms with Crippen molar-refractivity contribution in [1.29, 1.82) is 0 Å². The van der Waals surface area contributed by atoms with Crippen LogP contribution < -0.4 is 18.9 Å². The molecule has 412 valence electrons. The number of methoxy groups -OCH3 is 4. The molecule has 0 aliphatic heterocycles. The minimum atomic E-state index is -3.87. The van der Waals surface area contributed by atoms with E-state index in [1.165, 1.54) is 65.6 Å². The Morgan fingerprint density at radius 3 is 1.13 bits per heavy atom. The summed E-state index contributed by atoms with van der Waals surface area (Å²) >= 11 is 0. The van der Waals surface area contributed by atoms with Crippen molar-refractivity contribution in [3.05, 3.63) is 145 Å². The predicted molar refractivity (Wildman–Crippen MR) is 291 cm³/mol. The number of para-hydroxylation sites is 2. The Balaban J connectivity index is 0.000000226. The molecule has 0 saturated carbocycles. The van der Waals surface area contributed by atoms with E-state index in [-0.39, 0.29) is 23.9 Å². The topological polar surface area (TPSA) is 262 Å². The summed E-state index contributed by atoms with van der Waals surface area (Å²) in [4.78, 5) is 25.4. The summed E-state index contributed by atoms with van der Waals surface area (Å²) in [6, 6.07) is 14.4. The highest BCUT2D eigenvalue weighted by Gasteiger charge is 2.38. The first-order chi connectivity index (χ1) is 37.3. The van der Waals surface area contributed by atoms with Gasteiger partial charge in [0.05, 0.1) is 74.9 Å². The predicted octanol–water partition coefficient (Wildman–Crippen LogP) is 7.83. The van der Waals surface area contributed by atoms with Gasteiger partial charge in [0.2, 0.25) is 0 Å². The fourth-order valence-corrected chi connectivity index (χ4v) is 11.2. The summed E-state index contributed by atoms with van der Waals surface area (Å²) in [5.74, 6) is 2.15. The van der Waals surface area contributed by atoms with Crippen molar-refractivity contribution in [3.63, 3.8) is 0 Å². The molecule has 0 N–H and O–H groups in total. The first-order valence-electron chi connectivity index (χ1n) is 24.7. The van der Waals surface area contributed by atoms with Crippen molar-refractivity contribution < 1.29 is 45.3 Å². The van der Waals surface area contributed by atoms with Crippen molar-refractivity contribution in [3.8, 4) is 57.1 Å². The molecule has 0 aliphatic rings. The number of hydrogen-bond donors (Lipinski definition) is 0. The molecule has 0 spiro atoms. The molecular weight excluding hydrogens is 1040 g/mol. The van der Waals surface area contributed by atoms with Crippen LogP contribution in [-0.4, -0.2) is 127 Å². The van der Waals surface area contributed by atoms with E-state index in [1.54, 1.807) is 84.2 Å². The second-order valence-electron chi connectivity index (χ2n) is 18.6. The van der Waals surface area contributed by atoms with Gasteiger partial charge in [0.15, 0.2) is 43.0 Å². The van der Waals surface area contributed by atoms with E-state index in [2.05, 4.69) is 50.3 Å². The molecule has 2 aromatic carbocycles. The highest BCUT2D eigenvalue weighted by Crippen LogP contribution is 2.40. The van der Waals surface area contributed by atoms with Gasteiger partial charge in [-0.05, 0) is 103 Å². The number of benzene rings is 2. The molecule has 0 radical (unpaired) electrons. The quantitative estimate of drug-likeness (QED) is 0.0626. The zero-order valence-electron chi connectivity index (χ0n) is 45.5. The molecule has 0 aliphatic carbocycles. The molecule has 22 nitrogen and oxygen atoms in total. The molecule has 0 bridgehead atoms. The molecular formula is C54H64N12O10S2. The Morgan fingerprint density at radius 2 is 0.833 bits per heavy atom. The Hall–Kier alpha value is -7.80. The van der Waals surface area contributed by atoms with Crippen molar-refractivity contribution in [2.75, 3.05) is 28.4 Å². The summed E-state index contributed by atoms with van der Waals surface area (Å²) in [6.07, 6.45) is 13.7. The van der Waals surface area contributed by atoms with Crippen molar-refractivity contribution in [2.24, 2.45) is 0 Å². The highest BCUT2D eigenvalue weighted by atomic mass is 32.2. The van der Waals surface area contributed by atoms with E-state index in [0.717, 1.165) is 11.1 Å². The SMILES string of the molecule is COc1cccc(OC)c1-n1c(CS(=O)(=O)[C@@H](C)[C@@H](OC(C)C)c2cnccn2)nnc1-c1cncc(C)c1.COc1cccc(OC)c1-n1c(CS(=O)(=O)[C@H](C)[C@H](OC(C)C)c2cnccn2)nnc1-c1cncc(C)c1. The molecule has 0 amide bonds. The normalized spacial score (nSPS) is 13.3. The first kappa shape index (κ1) is 57.9. The van der Waals surface area contributed by atoms with Crippen LogP contribution in [0.25, 0.3) is 34.2 Å². The summed E-state index contributed by atoms with van der Waals surface area (Å²) in [5.41, 5.74) is 4.96. The number of ether oxygens (including phenoxy) is 6. The average molecular weight is 1110 g/mol. The average Bonchev–Trinajstić information content (AvgIpc) is 4.04.